The summed E-state index contributed by atoms with van der Waals surface area (Å²) in [5.41, 5.74) is 8.92. The third-order valence-corrected chi connectivity index (χ3v) is 2.98. The van der Waals surface area contributed by atoms with E-state index in [1.165, 1.54) is 0 Å². The van der Waals surface area contributed by atoms with Crippen LogP contribution in [0.5, 0.6) is 0 Å². The molecule has 0 aliphatic carbocycles. The van der Waals surface area contributed by atoms with Gasteiger partial charge in [0, 0.05) is 23.8 Å². The van der Waals surface area contributed by atoms with Crippen LogP contribution in [0, 0.1) is 0 Å². The number of aromatic nitrogens is 3. The molecule has 2 N–H and O–H groups in total. The van der Waals surface area contributed by atoms with Crippen LogP contribution in [-0.2, 0) is 6.54 Å². The molecule has 0 aromatic carbocycles. The summed E-state index contributed by atoms with van der Waals surface area (Å²) >= 11 is 1.57. The number of hydrogen-bond acceptors (Lipinski definition) is 4. The monoisotopic (exact) mass is 208 g/mol. The van der Waals surface area contributed by atoms with Crippen molar-refractivity contribution in [3.8, 4) is 0 Å². The molecule has 2 rings (SSSR count). The number of hydrogen-bond donors (Lipinski definition) is 1. The fourth-order valence-corrected chi connectivity index (χ4v) is 2.03. The van der Waals surface area contributed by atoms with E-state index in [1.54, 1.807) is 23.0 Å². The average molecular weight is 208 g/mol. The molecule has 2 aromatic heterocycles. The Morgan fingerprint density at radius 3 is 3.14 bits per heavy atom. The maximum atomic E-state index is 6.09. The van der Waals surface area contributed by atoms with Crippen molar-refractivity contribution in [1.82, 2.24) is 14.8 Å². The molecule has 4 nitrogen and oxygen atoms in total. The highest BCUT2D eigenvalue weighted by Crippen LogP contribution is 2.21. The van der Waals surface area contributed by atoms with Crippen molar-refractivity contribution >= 4 is 11.3 Å². The van der Waals surface area contributed by atoms with E-state index in [0.29, 0.717) is 0 Å². The van der Waals surface area contributed by atoms with Gasteiger partial charge < -0.3 is 5.73 Å². The Balaban J connectivity index is 2.31. The van der Waals surface area contributed by atoms with E-state index in [4.69, 9.17) is 5.73 Å². The maximum Gasteiger partial charge on any atom is 0.0833 e. The molecule has 1 unspecified atom stereocenters. The van der Waals surface area contributed by atoms with Crippen LogP contribution >= 0.6 is 11.3 Å². The van der Waals surface area contributed by atoms with E-state index in [0.717, 1.165) is 17.1 Å². The second-order valence-corrected chi connectivity index (χ2v) is 3.87. The molecule has 0 aliphatic heterocycles. The number of nitrogens with two attached hydrogens (primary N) is 1. The van der Waals surface area contributed by atoms with Crippen molar-refractivity contribution < 1.29 is 0 Å². The molecule has 0 spiro atoms. The molecule has 2 heterocycles. The zero-order valence-electron chi connectivity index (χ0n) is 7.92. The average Bonchev–Trinajstić information content (AvgIpc) is 2.87. The fraction of sp³-hybridized carbons (Fsp3) is 0.333. The van der Waals surface area contributed by atoms with Gasteiger partial charge in [-0.1, -0.05) is 0 Å². The lowest BCUT2D eigenvalue weighted by Gasteiger charge is -2.10. The van der Waals surface area contributed by atoms with Gasteiger partial charge in [0.25, 0.3) is 0 Å². The molecule has 2 aromatic rings. The van der Waals surface area contributed by atoms with Crippen LogP contribution in [0.4, 0.5) is 0 Å². The summed E-state index contributed by atoms with van der Waals surface area (Å²) in [4.78, 5) is 5.09. The molecular formula is C9H12N4S. The number of nitrogens with zero attached hydrogens (tertiary/aromatic N) is 3. The van der Waals surface area contributed by atoms with Gasteiger partial charge in [0.2, 0.25) is 0 Å². The first kappa shape index (κ1) is 9.36. The Kier molecular flexibility index (Phi) is 2.60. The zero-order chi connectivity index (χ0) is 9.97. The summed E-state index contributed by atoms with van der Waals surface area (Å²) in [5, 5.41) is 4.19. The van der Waals surface area contributed by atoms with E-state index in [1.807, 2.05) is 16.9 Å². The first-order valence-electron chi connectivity index (χ1n) is 4.48. The molecule has 0 amide bonds. The summed E-state index contributed by atoms with van der Waals surface area (Å²) < 4.78 is 1.91. The van der Waals surface area contributed by atoms with Crippen molar-refractivity contribution in [2.45, 2.75) is 19.5 Å². The SMILES string of the molecule is CCn1nccc1C(N)c1cncs1. The Hall–Kier alpha value is -1.20. The maximum absolute atomic E-state index is 6.09. The van der Waals surface area contributed by atoms with E-state index >= 15 is 0 Å². The lowest BCUT2D eigenvalue weighted by atomic mass is 10.2. The van der Waals surface area contributed by atoms with Gasteiger partial charge in [-0.25, -0.2) is 0 Å². The lowest BCUT2D eigenvalue weighted by Crippen LogP contribution is -2.15. The highest BCUT2D eigenvalue weighted by atomic mass is 32.1. The lowest BCUT2D eigenvalue weighted by molar-refractivity contribution is 0.603. The van der Waals surface area contributed by atoms with Gasteiger partial charge in [-0.3, -0.25) is 9.67 Å². The van der Waals surface area contributed by atoms with Crippen molar-refractivity contribution in [1.29, 1.82) is 0 Å². The predicted molar refractivity (Wildman–Crippen MR) is 56.0 cm³/mol. The molecule has 5 heteroatoms. The molecule has 0 radical (unpaired) electrons. The third-order valence-electron chi connectivity index (χ3n) is 2.13. The number of rotatable bonds is 3. The minimum atomic E-state index is -0.107. The standard InChI is InChI=1S/C9H12N4S/c1-2-13-7(3-4-12-13)9(10)8-5-11-6-14-8/h3-6,9H,2,10H2,1H3. The molecule has 1 atom stereocenters. The third kappa shape index (κ3) is 1.56. The van der Waals surface area contributed by atoms with Crippen LogP contribution in [0.2, 0.25) is 0 Å². The quantitative estimate of drug-likeness (QED) is 0.829. The molecule has 0 saturated carbocycles. The zero-order valence-corrected chi connectivity index (χ0v) is 8.74. The highest BCUT2D eigenvalue weighted by molar-refractivity contribution is 7.09. The minimum Gasteiger partial charge on any atom is -0.318 e. The second-order valence-electron chi connectivity index (χ2n) is 2.95. The molecule has 0 saturated heterocycles. The van der Waals surface area contributed by atoms with Crippen LogP contribution in [0.15, 0.2) is 24.0 Å². The van der Waals surface area contributed by atoms with Gasteiger partial charge in [-0.2, -0.15) is 5.10 Å². The van der Waals surface area contributed by atoms with Crippen LogP contribution < -0.4 is 5.73 Å². The van der Waals surface area contributed by atoms with E-state index in [-0.39, 0.29) is 6.04 Å². The summed E-state index contributed by atoms with van der Waals surface area (Å²) in [7, 11) is 0. The summed E-state index contributed by atoms with van der Waals surface area (Å²) in [6, 6.07) is 1.85. The van der Waals surface area contributed by atoms with Crippen molar-refractivity contribution in [3.63, 3.8) is 0 Å². The molecular weight excluding hydrogens is 196 g/mol. The first-order valence-corrected chi connectivity index (χ1v) is 5.36. The Labute approximate surface area is 86.4 Å². The smallest absolute Gasteiger partial charge is 0.0833 e. The Morgan fingerprint density at radius 1 is 1.64 bits per heavy atom. The predicted octanol–water partition coefficient (Wildman–Crippen LogP) is 1.41. The molecule has 0 fully saturated rings. The van der Waals surface area contributed by atoms with Gasteiger partial charge >= 0.3 is 0 Å². The minimum absolute atomic E-state index is 0.107. The number of aryl methyl sites for hydroxylation is 1. The van der Waals surface area contributed by atoms with Gasteiger partial charge in [-0.15, -0.1) is 11.3 Å². The van der Waals surface area contributed by atoms with Gasteiger partial charge in [0.05, 0.1) is 17.2 Å². The summed E-state index contributed by atoms with van der Waals surface area (Å²) in [6.07, 6.45) is 3.59. The topological polar surface area (TPSA) is 56.7 Å². The molecule has 14 heavy (non-hydrogen) atoms. The first-order chi connectivity index (χ1) is 6.83. The van der Waals surface area contributed by atoms with E-state index in [2.05, 4.69) is 17.0 Å². The van der Waals surface area contributed by atoms with Crippen molar-refractivity contribution in [2.24, 2.45) is 5.73 Å². The number of thiazole rings is 1. The van der Waals surface area contributed by atoms with Crippen LogP contribution in [-0.4, -0.2) is 14.8 Å². The molecule has 0 aliphatic rings. The van der Waals surface area contributed by atoms with Crippen LogP contribution in [0.25, 0.3) is 0 Å². The highest BCUT2D eigenvalue weighted by Gasteiger charge is 2.14. The van der Waals surface area contributed by atoms with Gasteiger partial charge in [0.15, 0.2) is 0 Å². The fourth-order valence-electron chi connectivity index (χ4n) is 1.40. The molecule has 0 bridgehead atoms. The normalized spacial score (nSPS) is 13.0. The second kappa shape index (κ2) is 3.89. The van der Waals surface area contributed by atoms with Crippen LogP contribution in [0.3, 0.4) is 0 Å². The van der Waals surface area contributed by atoms with E-state index in [9.17, 15) is 0 Å². The van der Waals surface area contributed by atoms with Crippen LogP contribution in [0.1, 0.15) is 23.5 Å². The van der Waals surface area contributed by atoms with Gasteiger partial charge in [0.1, 0.15) is 0 Å². The summed E-state index contributed by atoms with van der Waals surface area (Å²) in [6.45, 7) is 2.89. The Bertz CT molecular complexity index is 393. The summed E-state index contributed by atoms with van der Waals surface area (Å²) in [5.74, 6) is 0. The molecule has 74 valence electrons. The Morgan fingerprint density at radius 2 is 2.50 bits per heavy atom. The van der Waals surface area contributed by atoms with E-state index < -0.39 is 0 Å². The largest absolute Gasteiger partial charge is 0.318 e. The van der Waals surface area contributed by atoms with Crippen molar-refractivity contribution in [2.75, 3.05) is 0 Å². The van der Waals surface area contributed by atoms with Gasteiger partial charge in [-0.05, 0) is 13.0 Å². The van der Waals surface area contributed by atoms with Crippen molar-refractivity contribution in [3.05, 3.63) is 34.5 Å².